The standard InChI is InChI=1S/C30H41FN2O4.C4H6O6/c1-23(2)21-36-28-9-5-24(6-10-28)19-30(34)33(20-25-3-7-26(31)8-4-25)27-11-15-32(16-12-27)17-13-29-14-18-35-22-37-29;5-1(3(7)8)2(6)4(9)10/h3-10,23,27,29H,11-22H2,1-2H3;1-2,5-6H,(H,7,8)(H,9,10)/t29-;/m1./s1. The van der Waals surface area contributed by atoms with Crippen molar-refractivity contribution in [2.75, 3.05) is 39.6 Å². The second-order valence-electron chi connectivity index (χ2n) is 12.2. The lowest BCUT2D eigenvalue weighted by Gasteiger charge is -2.39. The van der Waals surface area contributed by atoms with E-state index in [9.17, 15) is 18.8 Å². The topological polar surface area (TPSA) is 166 Å². The first-order valence-corrected chi connectivity index (χ1v) is 15.9. The van der Waals surface area contributed by atoms with Crippen LogP contribution in [0.5, 0.6) is 5.75 Å². The maximum absolute atomic E-state index is 13.6. The van der Waals surface area contributed by atoms with Crippen LogP contribution in [0.1, 0.15) is 50.7 Å². The van der Waals surface area contributed by atoms with Gasteiger partial charge in [-0.15, -0.1) is 0 Å². The summed E-state index contributed by atoms with van der Waals surface area (Å²) in [5.74, 6) is -2.41. The number of carboxylic acid groups (broad SMARTS) is 2. The number of benzene rings is 2. The molecule has 2 aliphatic heterocycles. The van der Waals surface area contributed by atoms with E-state index in [2.05, 4.69) is 18.7 Å². The van der Waals surface area contributed by atoms with Gasteiger partial charge in [0.1, 0.15) is 18.4 Å². The van der Waals surface area contributed by atoms with E-state index < -0.39 is 24.1 Å². The lowest BCUT2D eigenvalue weighted by atomic mass is 10.00. The molecule has 0 aromatic heterocycles. The van der Waals surface area contributed by atoms with E-state index in [0.717, 1.165) is 68.8 Å². The third kappa shape index (κ3) is 13.2. The minimum atomic E-state index is -2.27. The van der Waals surface area contributed by atoms with Gasteiger partial charge in [0.25, 0.3) is 0 Å². The number of nitrogens with zero attached hydrogens (tertiary/aromatic N) is 2. The second-order valence-corrected chi connectivity index (χ2v) is 12.2. The summed E-state index contributed by atoms with van der Waals surface area (Å²) in [5.41, 5.74) is 1.92. The molecule has 2 saturated heterocycles. The highest BCUT2D eigenvalue weighted by Gasteiger charge is 2.30. The number of aliphatic hydroxyl groups excluding tert-OH is 2. The van der Waals surface area contributed by atoms with Crippen molar-refractivity contribution >= 4 is 17.8 Å². The molecular formula is C34H47FN2O10. The fourth-order valence-electron chi connectivity index (χ4n) is 5.23. The Morgan fingerprint density at radius 2 is 1.53 bits per heavy atom. The van der Waals surface area contributed by atoms with Gasteiger partial charge in [0.05, 0.1) is 25.7 Å². The predicted molar refractivity (Wildman–Crippen MR) is 169 cm³/mol. The number of piperidine rings is 1. The quantitative estimate of drug-likeness (QED) is 0.235. The summed E-state index contributed by atoms with van der Waals surface area (Å²) in [6.45, 7) is 9.52. The van der Waals surface area contributed by atoms with Crippen molar-refractivity contribution in [1.29, 1.82) is 0 Å². The molecule has 260 valence electrons. The summed E-state index contributed by atoms with van der Waals surface area (Å²) in [7, 11) is 0. The van der Waals surface area contributed by atoms with E-state index in [0.29, 0.717) is 32.3 Å². The van der Waals surface area contributed by atoms with Crippen LogP contribution in [0.2, 0.25) is 0 Å². The van der Waals surface area contributed by atoms with Gasteiger partial charge >= 0.3 is 11.9 Å². The van der Waals surface area contributed by atoms with E-state index in [4.69, 9.17) is 34.6 Å². The summed E-state index contributed by atoms with van der Waals surface area (Å²) >= 11 is 0. The van der Waals surface area contributed by atoms with E-state index in [1.165, 1.54) is 12.1 Å². The Morgan fingerprint density at radius 1 is 0.936 bits per heavy atom. The van der Waals surface area contributed by atoms with Gasteiger partial charge in [0.2, 0.25) is 5.91 Å². The number of hydrogen-bond acceptors (Lipinski definition) is 9. The van der Waals surface area contributed by atoms with Crippen molar-refractivity contribution in [2.45, 2.75) is 76.9 Å². The molecule has 47 heavy (non-hydrogen) atoms. The van der Waals surface area contributed by atoms with Gasteiger partial charge < -0.3 is 44.4 Å². The number of carboxylic acids is 2. The third-order valence-corrected chi connectivity index (χ3v) is 7.99. The zero-order chi connectivity index (χ0) is 34.3. The van der Waals surface area contributed by atoms with Crippen LogP contribution in [0.15, 0.2) is 48.5 Å². The molecule has 2 fully saturated rings. The first-order valence-electron chi connectivity index (χ1n) is 15.9. The molecule has 0 bridgehead atoms. The van der Waals surface area contributed by atoms with Crippen molar-refractivity contribution in [2.24, 2.45) is 5.92 Å². The van der Waals surface area contributed by atoms with Gasteiger partial charge in [-0.25, -0.2) is 14.0 Å². The maximum Gasteiger partial charge on any atom is 0.335 e. The van der Waals surface area contributed by atoms with Crippen LogP contribution < -0.4 is 4.74 Å². The molecule has 2 unspecified atom stereocenters. The Balaban J connectivity index is 0.000000520. The van der Waals surface area contributed by atoms with Crippen molar-refractivity contribution < 1.29 is 53.4 Å². The molecule has 2 heterocycles. The number of aliphatic carboxylic acids is 2. The summed E-state index contributed by atoms with van der Waals surface area (Å²) < 4.78 is 30.2. The van der Waals surface area contributed by atoms with Gasteiger partial charge in [-0.3, -0.25) is 4.79 Å². The van der Waals surface area contributed by atoms with Crippen molar-refractivity contribution in [1.82, 2.24) is 9.80 Å². The zero-order valence-electron chi connectivity index (χ0n) is 27.0. The number of ether oxygens (including phenoxy) is 3. The fourth-order valence-corrected chi connectivity index (χ4v) is 5.23. The Labute approximate surface area is 274 Å². The lowest BCUT2D eigenvalue weighted by Crippen LogP contribution is -2.48. The Morgan fingerprint density at radius 3 is 2.06 bits per heavy atom. The van der Waals surface area contributed by atoms with E-state index in [-0.39, 0.29) is 23.9 Å². The third-order valence-electron chi connectivity index (χ3n) is 7.99. The summed E-state index contributed by atoms with van der Waals surface area (Å²) in [5, 5.41) is 32.5. The highest BCUT2D eigenvalue weighted by molar-refractivity contribution is 5.83. The van der Waals surface area contributed by atoms with Gasteiger partial charge in [0.15, 0.2) is 12.2 Å². The largest absolute Gasteiger partial charge is 0.493 e. The van der Waals surface area contributed by atoms with Crippen LogP contribution in [0.4, 0.5) is 4.39 Å². The van der Waals surface area contributed by atoms with Crippen molar-refractivity contribution in [3.05, 3.63) is 65.5 Å². The van der Waals surface area contributed by atoms with Gasteiger partial charge in [-0.05, 0) is 67.0 Å². The van der Waals surface area contributed by atoms with Crippen LogP contribution in [-0.4, -0.2) is 112 Å². The Kier molecular flexibility index (Phi) is 15.5. The van der Waals surface area contributed by atoms with Crippen LogP contribution in [0.25, 0.3) is 0 Å². The molecule has 2 aromatic carbocycles. The molecule has 4 N–H and O–H groups in total. The van der Waals surface area contributed by atoms with E-state index in [1.54, 1.807) is 12.1 Å². The summed E-state index contributed by atoms with van der Waals surface area (Å²) in [6.07, 6.45) is -0.0649. The molecule has 13 heteroatoms. The van der Waals surface area contributed by atoms with Gasteiger partial charge in [0, 0.05) is 32.2 Å². The predicted octanol–water partition coefficient (Wildman–Crippen LogP) is 2.93. The average Bonchev–Trinajstić information content (AvgIpc) is 3.07. The summed E-state index contributed by atoms with van der Waals surface area (Å²) in [4.78, 5) is 37.6. The van der Waals surface area contributed by atoms with E-state index in [1.807, 2.05) is 29.2 Å². The van der Waals surface area contributed by atoms with E-state index >= 15 is 0 Å². The molecule has 2 aliphatic rings. The molecular weight excluding hydrogens is 615 g/mol. The number of likely N-dealkylation sites (tertiary alicyclic amines) is 1. The number of rotatable bonds is 14. The minimum absolute atomic E-state index is 0.106. The number of hydrogen-bond donors (Lipinski definition) is 4. The zero-order valence-corrected chi connectivity index (χ0v) is 27.0. The number of carbonyl (C=O) groups is 3. The molecule has 2 aromatic rings. The number of amides is 1. The van der Waals surface area contributed by atoms with Crippen LogP contribution >= 0.6 is 0 Å². The maximum atomic E-state index is 13.6. The molecule has 3 atom stereocenters. The minimum Gasteiger partial charge on any atom is -0.493 e. The van der Waals surface area contributed by atoms with Crippen LogP contribution in [0, 0.1) is 11.7 Å². The van der Waals surface area contributed by atoms with Crippen molar-refractivity contribution in [3.63, 3.8) is 0 Å². The molecule has 4 rings (SSSR count). The highest BCUT2D eigenvalue weighted by atomic mass is 19.1. The normalized spacial score (nSPS) is 18.5. The molecule has 0 spiro atoms. The first-order chi connectivity index (χ1) is 22.4. The SMILES string of the molecule is CC(C)COc1ccc(CC(=O)N(Cc2ccc(F)cc2)C2CCN(CC[C@@H]3CCOCO3)CC2)cc1.O=C(O)C(O)C(O)C(=O)O. The average molecular weight is 663 g/mol. The molecule has 1 amide bonds. The number of halogens is 1. The Bertz CT molecular complexity index is 1230. The van der Waals surface area contributed by atoms with Gasteiger partial charge in [-0.2, -0.15) is 0 Å². The summed E-state index contributed by atoms with van der Waals surface area (Å²) in [6, 6.07) is 14.5. The van der Waals surface area contributed by atoms with Crippen molar-refractivity contribution in [3.8, 4) is 5.75 Å². The monoisotopic (exact) mass is 662 g/mol. The smallest absolute Gasteiger partial charge is 0.335 e. The van der Waals surface area contributed by atoms with Gasteiger partial charge in [-0.1, -0.05) is 38.1 Å². The number of aliphatic hydroxyl groups is 2. The highest BCUT2D eigenvalue weighted by Crippen LogP contribution is 2.23. The molecule has 12 nitrogen and oxygen atoms in total. The molecule has 0 aliphatic carbocycles. The molecule has 0 radical (unpaired) electrons. The first kappa shape index (κ1) is 37.8. The Hall–Kier alpha value is -3.62. The second kappa shape index (κ2) is 19.3. The van der Waals surface area contributed by atoms with Crippen LogP contribution in [0.3, 0.4) is 0 Å². The number of carbonyl (C=O) groups excluding carboxylic acids is 1. The fraction of sp³-hybridized carbons (Fsp3) is 0.559. The molecule has 0 saturated carbocycles. The van der Waals surface area contributed by atoms with Crippen LogP contribution in [-0.2, 0) is 36.8 Å². The lowest BCUT2D eigenvalue weighted by molar-refractivity contribution is -0.165.